The van der Waals surface area contributed by atoms with Crippen molar-refractivity contribution < 1.29 is 9.72 Å². The van der Waals surface area contributed by atoms with Crippen molar-refractivity contribution in [1.82, 2.24) is 10.3 Å². The minimum atomic E-state index is -0.558. The summed E-state index contributed by atoms with van der Waals surface area (Å²) in [5, 5.41) is 13.3. The van der Waals surface area contributed by atoms with Crippen molar-refractivity contribution in [2.75, 3.05) is 6.54 Å². The van der Waals surface area contributed by atoms with Gasteiger partial charge in [0, 0.05) is 12.6 Å². The van der Waals surface area contributed by atoms with Crippen molar-refractivity contribution in [1.29, 1.82) is 0 Å². The van der Waals surface area contributed by atoms with Crippen molar-refractivity contribution in [3.05, 3.63) is 28.1 Å². The molecule has 0 spiro atoms. The first-order chi connectivity index (χ1) is 8.30. The smallest absolute Gasteiger partial charge is 0.287 e. The number of rotatable bonds is 5. The molecule has 108 valence electrons. The Kier molecular flexibility index (Phi) is 5.98. The topological polar surface area (TPSA) is 114 Å². The monoisotopic (exact) mass is 290 g/mol. The number of H-pyrrole nitrogens is 1. The summed E-state index contributed by atoms with van der Waals surface area (Å²) in [5.74, 6) is -0.249. The quantitative estimate of drug-likeness (QED) is 0.562. The van der Waals surface area contributed by atoms with Crippen LogP contribution in [-0.2, 0) is 0 Å². The summed E-state index contributed by atoms with van der Waals surface area (Å²) in [6.45, 7) is 6.03. The third-order valence-corrected chi connectivity index (χ3v) is 3.22. The highest BCUT2D eigenvalue weighted by Crippen LogP contribution is 2.17. The zero-order valence-electron chi connectivity index (χ0n) is 11.1. The molecule has 0 aliphatic carbocycles. The van der Waals surface area contributed by atoms with E-state index in [1.54, 1.807) is 0 Å². The number of aromatic amines is 1. The first-order valence-electron chi connectivity index (χ1n) is 5.65. The van der Waals surface area contributed by atoms with E-state index in [4.69, 9.17) is 5.73 Å². The Morgan fingerprint density at radius 1 is 1.63 bits per heavy atom. The number of hydrogen-bond donors (Lipinski definition) is 3. The molecular formula is C11H19ClN4O3. The second-order valence-electron chi connectivity index (χ2n) is 4.76. The maximum absolute atomic E-state index is 11.9. The number of nitrogens with two attached hydrogens (primary N) is 1. The van der Waals surface area contributed by atoms with Gasteiger partial charge in [-0.25, -0.2) is 0 Å². The lowest BCUT2D eigenvalue weighted by Crippen LogP contribution is -2.55. The zero-order valence-corrected chi connectivity index (χ0v) is 11.9. The molecule has 1 rings (SSSR count). The molecular weight excluding hydrogens is 272 g/mol. The number of nitrogens with zero attached hydrogens (tertiary/aromatic N) is 1. The van der Waals surface area contributed by atoms with Crippen LogP contribution in [-0.4, -0.2) is 27.9 Å². The highest BCUT2D eigenvalue weighted by molar-refractivity contribution is 5.93. The molecule has 0 saturated carbocycles. The first-order valence-corrected chi connectivity index (χ1v) is 5.65. The SMILES string of the molecule is CC(C)C(C)(CN)NC(=O)c1cc([N+](=O)[O-])c[nH]1.Cl. The molecule has 1 aromatic heterocycles. The molecule has 1 aromatic rings. The third kappa shape index (κ3) is 3.93. The third-order valence-electron chi connectivity index (χ3n) is 3.22. The van der Waals surface area contributed by atoms with Crippen LogP contribution in [0.4, 0.5) is 5.69 Å². The van der Waals surface area contributed by atoms with E-state index in [9.17, 15) is 14.9 Å². The molecule has 1 heterocycles. The van der Waals surface area contributed by atoms with Gasteiger partial charge in [0.2, 0.25) is 0 Å². The summed E-state index contributed by atoms with van der Waals surface area (Å²) in [6.07, 6.45) is 1.18. The van der Waals surface area contributed by atoms with Gasteiger partial charge in [-0.1, -0.05) is 13.8 Å². The molecule has 4 N–H and O–H groups in total. The van der Waals surface area contributed by atoms with Crippen molar-refractivity contribution in [3.8, 4) is 0 Å². The van der Waals surface area contributed by atoms with Crippen LogP contribution in [0.5, 0.6) is 0 Å². The van der Waals surface area contributed by atoms with Gasteiger partial charge in [0.25, 0.3) is 11.6 Å². The van der Waals surface area contributed by atoms with Crippen LogP contribution in [0.25, 0.3) is 0 Å². The lowest BCUT2D eigenvalue weighted by Gasteiger charge is -2.33. The number of nitrogens with one attached hydrogen (secondary N) is 2. The molecule has 0 aliphatic heterocycles. The second-order valence-corrected chi connectivity index (χ2v) is 4.76. The average Bonchev–Trinajstić information content (AvgIpc) is 2.77. The normalized spacial score (nSPS) is 13.5. The zero-order chi connectivity index (χ0) is 13.9. The number of carbonyl (C=O) groups is 1. The fourth-order valence-electron chi connectivity index (χ4n) is 1.38. The van der Waals surface area contributed by atoms with E-state index >= 15 is 0 Å². The molecule has 1 amide bonds. The minimum absolute atomic E-state index is 0. The Hall–Kier alpha value is -1.60. The Bertz CT molecular complexity index is 461. The number of amides is 1. The van der Waals surface area contributed by atoms with E-state index in [-0.39, 0.29) is 29.7 Å². The lowest BCUT2D eigenvalue weighted by atomic mass is 9.88. The standard InChI is InChI=1S/C11H18N4O3.ClH/c1-7(2)11(3,6-12)14-10(16)9-4-8(5-13-9)15(17)18;/h4-5,7,13H,6,12H2,1-3H3,(H,14,16);1H. The number of nitro groups is 1. The molecule has 0 aliphatic rings. The first kappa shape index (κ1) is 17.4. The van der Waals surface area contributed by atoms with Crippen molar-refractivity contribution in [2.24, 2.45) is 11.7 Å². The van der Waals surface area contributed by atoms with E-state index in [1.807, 2.05) is 20.8 Å². The maximum Gasteiger partial charge on any atom is 0.287 e. The van der Waals surface area contributed by atoms with E-state index < -0.39 is 16.4 Å². The largest absolute Gasteiger partial charge is 0.351 e. The van der Waals surface area contributed by atoms with Gasteiger partial charge in [-0.3, -0.25) is 14.9 Å². The number of halogens is 1. The number of aromatic nitrogens is 1. The Morgan fingerprint density at radius 2 is 2.21 bits per heavy atom. The van der Waals surface area contributed by atoms with Gasteiger partial charge in [0.15, 0.2) is 0 Å². The van der Waals surface area contributed by atoms with Gasteiger partial charge in [-0.2, -0.15) is 0 Å². The summed E-state index contributed by atoms with van der Waals surface area (Å²) < 4.78 is 0. The van der Waals surface area contributed by atoms with Gasteiger partial charge >= 0.3 is 0 Å². The molecule has 8 heteroatoms. The van der Waals surface area contributed by atoms with E-state index in [0.29, 0.717) is 6.54 Å². The van der Waals surface area contributed by atoms with Crippen LogP contribution in [0.1, 0.15) is 31.3 Å². The van der Waals surface area contributed by atoms with Crippen LogP contribution in [0, 0.1) is 16.0 Å². The summed E-state index contributed by atoms with van der Waals surface area (Å²) in [4.78, 5) is 24.5. The van der Waals surface area contributed by atoms with Gasteiger partial charge in [-0.05, 0) is 12.8 Å². The molecule has 0 saturated heterocycles. The van der Waals surface area contributed by atoms with Gasteiger partial charge < -0.3 is 16.0 Å². The molecule has 1 atom stereocenters. The average molecular weight is 291 g/mol. The minimum Gasteiger partial charge on any atom is -0.351 e. The van der Waals surface area contributed by atoms with E-state index in [1.165, 1.54) is 12.3 Å². The second kappa shape index (κ2) is 6.53. The molecule has 0 aromatic carbocycles. The number of hydrogen-bond acceptors (Lipinski definition) is 4. The Balaban J connectivity index is 0.00000324. The molecule has 0 fully saturated rings. The van der Waals surface area contributed by atoms with E-state index in [2.05, 4.69) is 10.3 Å². The fourth-order valence-corrected chi connectivity index (χ4v) is 1.38. The van der Waals surface area contributed by atoms with Crippen LogP contribution >= 0.6 is 12.4 Å². The lowest BCUT2D eigenvalue weighted by molar-refractivity contribution is -0.384. The molecule has 0 bridgehead atoms. The van der Waals surface area contributed by atoms with Crippen LogP contribution < -0.4 is 11.1 Å². The maximum atomic E-state index is 11.9. The fraction of sp³-hybridized carbons (Fsp3) is 0.545. The molecule has 19 heavy (non-hydrogen) atoms. The van der Waals surface area contributed by atoms with Crippen LogP contribution in [0.3, 0.4) is 0 Å². The van der Waals surface area contributed by atoms with Crippen molar-refractivity contribution in [2.45, 2.75) is 26.3 Å². The number of carbonyl (C=O) groups excluding carboxylic acids is 1. The predicted octanol–water partition coefficient (Wildman–Crippen LogP) is 1.45. The summed E-state index contributed by atoms with van der Waals surface area (Å²) in [5.41, 5.74) is 5.12. The van der Waals surface area contributed by atoms with Crippen molar-refractivity contribution >= 4 is 24.0 Å². The predicted molar refractivity (Wildman–Crippen MR) is 74.5 cm³/mol. The van der Waals surface area contributed by atoms with Crippen LogP contribution in [0.15, 0.2) is 12.3 Å². The summed E-state index contributed by atoms with van der Waals surface area (Å²) in [6, 6.07) is 1.20. The molecule has 7 nitrogen and oxygen atoms in total. The molecule has 0 radical (unpaired) electrons. The van der Waals surface area contributed by atoms with Gasteiger partial charge in [0.05, 0.1) is 16.7 Å². The Morgan fingerprint density at radius 3 is 2.58 bits per heavy atom. The highest BCUT2D eigenvalue weighted by atomic mass is 35.5. The highest BCUT2D eigenvalue weighted by Gasteiger charge is 2.29. The van der Waals surface area contributed by atoms with Crippen molar-refractivity contribution in [3.63, 3.8) is 0 Å². The summed E-state index contributed by atoms with van der Waals surface area (Å²) >= 11 is 0. The van der Waals surface area contributed by atoms with Crippen LogP contribution in [0.2, 0.25) is 0 Å². The van der Waals surface area contributed by atoms with E-state index in [0.717, 1.165) is 0 Å². The molecule has 1 unspecified atom stereocenters. The summed E-state index contributed by atoms with van der Waals surface area (Å²) in [7, 11) is 0. The van der Waals surface area contributed by atoms with Gasteiger partial charge in [0.1, 0.15) is 5.69 Å². The van der Waals surface area contributed by atoms with Gasteiger partial charge in [-0.15, -0.1) is 12.4 Å². The Labute approximate surface area is 117 Å².